The second-order valence-corrected chi connectivity index (χ2v) is 9.48. The fourth-order valence-electron chi connectivity index (χ4n) is 7.87. The van der Waals surface area contributed by atoms with Crippen LogP contribution in [0.5, 0.6) is 11.5 Å². The van der Waals surface area contributed by atoms with Gasteiger partial charge in [-0.3, -0.25) is 9.69 Å². The molecule has 10 nitrogen and oxygen atoms in total. The van der Waals surface area contributed by atoms with Gasteiger partial charge in [0.25, 0.3) is 0 Å². The van der Waals surface area contributed by atoms with Crippen molar-refractivity contribution in [2.24, 2.45) is 11.8 Å². The third-order valence-electron chi connectivity index (χ3n) is 8.81. The molecule has 1 aliphatic carbocycles. The third-order valence-corrected chi connectivity index (χ3v) is 8.81. The largest absolute Gasteiger partial charge is 0.493 e. The van der Waals surface area contributed by atoms with Gasteiger partial charge in [-0.1, -0.05) is 11.6 Å². The number of nitrogens with zero attached hydrogens (tertiary/aromatic N) is 2. The Morgan fingerprint density at radius 3 is 2.55 bits per heavy atom. The maximum Gasteiger partial charge on any atom is 0.229 e. The number of hydrogen-bond acceptors (Lipinski definition) is 5. The molecule has 6 aliphatic rings. The second-order valence-electron chi connectivity index (χ2n) is 9.48. The van der Waals surface area contributed by atoms with Crippen molar-refractivity contribution in [3.63, 3.8) is 0 Å². The summed E-state index contributed by atoms with van der Waals surface area (Å²) < 4.78 is 17.6. The summed E-state index contributed by atoms with van der Waals surface area (Å²) in [6.07, 6.45) is 5.11. The predicted octanol–water partition coefficient (Wildman–Crippen LogP) is -1.19. The number of carbonyl (C=O) groups excluding carboxylic acids is 1. The Hall–Kier alpha value is -2.21. The molecule has 3 saturated heterocycles. The highest BCUT2D eigenvalue weighted by Crippen LogP contribution is 2.66. The Balaban J connectivity index is 0.000000766. The zero-order valence-electron chi connectivity index (χ0n) is 18.9. The molecule has 5 aliphatic heterocycles. The van der Waals surface area contributed by atoms with Crippen molar-refractivity contribution in [1.82, 2.24) is 4.90 Å². The van der Waals surface area contributed by atoms with E-state index in [2.05, 4.69) is 21.9 Å². The van der Waals surface area contributed by atoms with Crippen LogP contribution < -0.4 is 14.4 Å². The minimum atomic E-state index is -0.0242. The standard InChI is InChI=1S/C23H26N2O4.4H2O/c1-27-16-8-14-15(9-17(16)28-2)25-20(26)10-18-21-13-7-19-23(14,22(21)25)4-5-24(19)11-12(13)3-6-29-18;;;;/h3,8-9,13,18-19,21-22H,4-7,10-11H2,1-2H3;4*1H2/t13-,18-,19-,21-,22-,23+;;;;/m0..../s1. The molecular formula is C23H34N2O8. The summed E-state index contributed by atoms with van der Waals surface area (Å²) in [5.41, 5.74) is 3.85. The van der Waals surface area contributed by atoms with Crippen molar-refractivity contribution in [3.8, 4) is 11.5 Å². The summed E-state index contributed by atoms with van der Waals surface area (Å²) in [7, 11) is 3.36. The van der Waals surface area contributed by atoms with Crippen LogP contribution in [0.3, 0.4) is 0 Å². The van der Waals surface area contributed by atoms with E-state index in [0.717, 1.165) is 30.9 Å². The third kappa shape index (κ3) is 2.73. The summed E-state index contributed by atoms with van der Waals surface area (Å²) in [5.74, 6) is 2.57. The summed E-state index contributed by atoms with van der Waals surface area (Å²) in [6.45, 7) is 2.80. The second kappa shape index (κ2) is 8.23. The van der Waals surface area contributed by atoms with E-state index in [9.17, 15) is 4.79 Å². The van der Waals surface area contributed by atoms with Gasteiger partial charge in [-0.15, -0.1) is 0 Å². The Bertz CT molecular complexity index is 983. The van der Waals surface area contributed by atoms with Crippen molar-refractivity contribution in [2.45, 2.75) is 42.9 Å². The molecule has 7 rings (SSSR count). The number of ether oxygens (including phenoxy) is 3. The average Bonchev–Trinajstić information content (AvgIpc) is 3.20. The smallest absolute Gasteiger partial charge is 0.229 e. The van der Waals surface area contributed by atoms with E-state index in [1.165, 1.54) is 12.0 Å². The average molecular weight is 467 g/mol. The lowest BCUT2D eigenvalue weighted by atomic mass is 9.53. The topological polar surface area (TPSA) is 177 Å². The van der Waals surface area contributed by atoms with Crippen LogP contribution in [0.15, 0.2) is 23.8 Å². The highest BCUT2D eigenvalue weighted by atomic mass is 16.5. The normalized spacial score (nSPS) is 36.1. The molecule has 184 valence electrons. The highest BCUT2D eigenvalue weighted by Gasteiger charge is 2.71. The molecular weight excluding hydrogens is 432 g/mol. The molecule has 0 aromatic heterocycles. The van der Waals surface area contributed by atoms with Gasteiger partial charge in [0.2, 0.25) is 5.91 Å². The zero-order valence-corrected chi connectivity index (χ0v) is 18.9. The molecule has 0 radical (unpaired) electrons. The van der Waals surface area contributed by atoms with E-state index >= 15 is 0 Å². The predicted molar refractivity (Wildman–Crippen MR) is 121 cm³/mol. The SMILES string of the molecule is COc1cc2c(cc1OC)[C@@]13CCN4CC5=CCO[C@H]6CC(=O)N2[C@H]1[C@H]6[C@H]5C[C@H]43.O.O.O.O. The number of anilines is 1. The summed E-state index contributed by atoms with van der Waals surface area (Å²) in [4.78, 5) is 18.3. The Morgan fingerprint density at radius 1 is 1.09 bits per heavy atom. The summed E-state index contributed by atoms with van der Waals surface area (Å²) in [5, 5.41) is 0. The molecule has 5 heterocycles. The van der Waals surface area contributed by atoms with E-state index in [1.807, 2.05) is 6.07 Å². The van der Waals surface area contributed by atoms with Gasteiger partial charge in [0.1, 0.15) is 0 Å². The van der Waals surface area contributed by atoms with Crippen LogP contribution in [0.4, 0.5) is 5.69 Å². The first kappa shape index (κ1) is 25.4. The fourth-order valence-corrected chi connectivity index (χ4v) is 7.87. The molecule has 1 aromatic rings. The van der Waals surface area contributed by atoms with E-state index in [1.54, 1.807) is 19.8 Å². The number of methoxy groups -OCH3 is 2. The minimum absolute atomic E-state index is 0. The maximum absolute atomic E-state index is 13.5. The number of benzene rings is 1. The molecule has 1 saturated carbocycles. The Labute approximate surface area is 192 Å². The van der Waals surface area contributed by atoms with Crippen LogP contribution in [0.2, 0.25) is 0 Å². The van der Waals surface area contributed by atoms with Gasteiger partial charge < -0.3 is 41.0 Å². The molecule has 1 amide bonds. The number of hydrogen-bond donors (Lipinski definition) is 0. The fraction of sp³-hybridized carbons (Fsp3) is 0.609. The van der Waals surface area contributed by atoms with Gasteiger partial charge in [-0.25, -0.2) is 0 Å². The van der Waals surface area contributed by atoms with Gasteiger partial charge in [0.15, 0.2) is 11.5 Å². The first-order valence-electron chi connectivity index (χ1n) is 10.8. The molecule has 6 atom stereocenters. The molecule has 4 fully saturated rings. The number of carbonyl (C=O) groups is 1. The Kier molecular flexibility index (Phi) is 6.33. The van der Waals surface area contributed by atoms with Gasteiger partial charge in [0.05, 0.1) is 45.1 Å². The lowest BCUT2D eigenvalue weighted by Crippen LogP contribution is -2.69. The summed E-state index contributed by atoms with van der Waals surface area (Å²) >= 11 is 0. The highest BCUT2D eigenvalue weighted by molar-refractivity contribution is 5.99. The van der Waals surface area contributed by atoms with Crippen molar-refractivity contribution in [1.29, 1.82) is 0 Å². The zero-order chi connectivity index (χ0) is 19.5. The maximum atomic E-state index is 13.5. The number of fused-ring (bicyclic) bond motifs is 2. The van der Waals surface area contributed by atoms with Crippen LogP contribution in [-0.2, 0) is 14.9 Å². The number of rotatable bonds is 2. The molecule has 2 bridgehead atoms. The number of piperidine rings is 2. The number of amides is 1. The minimum Gasteiger partial charge on any atom is -0.493 e. The Morgan fingerprint density at radius 2 is 1.82 bits per heavy atom. The molecule has 33 heavy (non-hydrogen) atoms. The molecule has 1 aromatic carbocycles. The molecule has 0 unspecified atom stereocenters. The van der Waals surface area contributed by atoms with E-state index < -0.39 is 0 Å². The van der Waals surface area contributed by atoms with Gasteiger partial charge in [-0.05, 0) is 36.9 Å². The van der Waals surface area contributed by atoms with E-state index in [4.69, 9.17) is 14.2 Å². The van der Waals surface area contributed by atoms with Crippen molar-refractivity contribution in [3.05, 3.63) is 29.3 Å². The van der Waals surface area contributed by atoms with Crippen molar-refractivity contribution >= 4 is 11.6 Å². The van der Waals surface area contributed by atoms with Crippen LogP contribution >= 0.6 is 0 Å². The van der Waals surface area contributed by atoms with E-state index in [0.29, 0.717) is 36.7 Å². The van der Waals surface area contributed by atoms with Gasteiger partial charge in [-0.2, -0.15) is 0 Å². The quantitative estimate of drug-likeness (QED) is 0.497. The first-order valence-corrected chi connectivity index (χ1v) is 10.8. The van der Waals surface area contributed by atoms with Crippen molar-refractivity contribution < 1.29 is 40.9 Å². The van der Waals surface area contributed by atoms with Crippen LogP contribution in [0, 0.1) is 11.8 Å². The lowest BCUT2D eigenvalue weighted by Gasteiger charge is -2.58. The van der Waals surface area contributed by atoms with Gasteiger partial charge in [0, 0.05) is 30.0 Å². The van der Waals surface area contributed by atoms with Crippen LogP contribution in [0.1, 0.15) is 24.8 Å². The summed E-state index contributed by atoms with van der Waals surface area (Å²) in [6, 6.07) is 4.87. The molecule has 8 N–H and O–H groups in total. The van der Waals surface area contributed by atoms with Crippen LogP contribution in [0.25, 0.3) is 0 Å². The molecule has 10 heteroatoms. The first-order chi connectivity index (χ1) is 14.2. The monoisotopic (exact) mass is 466 g/mol. The van der Waals surface area contributed by atoms with E-state index in [-0.39, 0.29) is 45.4 Å². The lowest BCUT2D eigenvalue weighted by molar-refractivity contribution is -0.132. The van der Waals surface area contributed by atoms with Crippen LogP contribution in [-0.4, -0.2) is 84.8 Å². The van der Waals surface area contributed by atoms with Crippen molar-refractivity contribution in [2.75, 3.05) is 38.8 Å². The van der Waals surface area contributed by atoms with Gasteiger partial charge >= 0.3 is 0 Å². The molecule has 1 spiro atoms.